The highest BCUT2D eigenvalue weighted by Gasteiger charge is 2.26. The molecule has 0 bridgehead atoms. The Bertz CT molecular complexity index is 1500. The smallest absolute Gasteiger partial charge is 0.330 e. The normalized spacial score (nSPS) is 11.7. The van der Waals surface area contributed by atoms with Gasteiger partial charge in [0.05, 0.1) is 35.3 Å². The third-order valence-corrected chi connectivity index (χ3v) is 7.80. The van der Waals surface area contributed by atoms with E-state index in [-0.39, 0.29) is 41.4 Å². The highest BCUT2D eigenvalue weighted by Crippen LogP contribution is 2.24. The number of fused-ring (bicyclic) bond motifs is 1. The predicted molar refractivity (Wildman–Crippen MR) is 155 cm³/mol. The van der Waals surface area contributed by atoms with Gasteiger partial charge in [0.1, 0.15) is 10.9 Å². The molecule has 0 saturated carbocycles. The first-order valence-corrected chi connectivity index (χ1v) is 14.6. The Morgan fingerprint density at radius 2 is 1.95 bits per heavy atom. The number of ether oxygens (including phenoxy) is 2. The number of aromatic amines is 1. The number of carbonyl (C=O) groups excluding carboxylic acids is 4. The zero-order valence-electron chi connectivity index (χ0n) is 22.5. The lowest BCUT2D eigenvalue weighted by Crippen LogP contribution is -2.49. The molecule has 12 nitrogen and oxygen atoms in total. The van der Waals surface area contributed by atoms with Crippen LogP contribution in [0.25, 0.3) is 10.9 Å². The number of nitrogens with one attached hydrogen (secondary N) is 4. The Kier molecular flexibility index (Phi) is 10.5. The minimum Gasteiger partial charge on any atom is -0.464 e. The fourth-order valence-electron chi connectivity index (χ4n) is 3.87. The van der Waals surface area contributed by atoms with E-state index in [4.69, 9.17) is 9.47 Å². The number of rotatable bonds is 14. The van der Waals surface area contributed by atoms with Crippen LogP contribution in [-0.2, 0) is 25.5 Å². The SMILES string of the molecule is CCOCCCOC(=O)C(CNC(=O)c1cccs1)NC(=O)c1sc(NC(=O)Cc2cccc3[nH]ncc23)nc1C. The number of nitrogens with zero attached hydrogens (tertiary/aromatic N) is 2. The van der Waals surface area contributed by atoms with Crippen molar-refractivity contribution in [2.75, 3.05) is 31.7 Å². The van der Waals surface area contributed by atoms with Crippen LogP contribution in [0.15, 0.2) is 41.9 Å². The number of aryl methyl sites for hydroxylation is 1. The molecule has 0 aliphatic heterocycles. The Morgan fingerprint density at radius 1 is 1.10 bits per heavy atom. The zero-order valence-corrected chi connectivity index (χ0v) is 24.2. The zero-order chi connectivity index (χ0) is 29.2. The van der Waals surface area contributed by atoms with Crippen molar-refractivity contribution >= 4 is 62.4 Å². The fraction of sp³-hybridized carbons (Fsp3) is 0.333. The molecular weight excluding hydrogens is 568 g/mol. The van der Waals surface area contributed by atoms with E-state index in [2.05, 4.69) is 31.1 Å². The van der Waals surface area contributed by atoms with E-state index in [0.29, 0.717) is 30.2 Å². The summed E-state index contributed by atoms with van der Waals surface area (Å²) in [6, 6.07) is 7.81. The second-order valence-electron chi connectivity index (χ2n) is 8.84. The molecular formula is C27H30N6O6S2. The highest BCUT2D eigenvalue weighted by molar-refractivity contribution is 7.17. The van der Waals surface area contributed by atoms with Gasteiger partial charge in [0.2, 0.25) is 5.91 Å². The first-order chi connectivity index (χ1) is 19.9. The number of H-pyrrole nitrogens is 1. The Balaban J connectivity index is 1.39. The number of esters is 1. The van der Waals surface area contributed by atoms with Crippen LogP contribution in [-0.4, -0.2) is 71.3 Å². The van der Waals surface area contributed by atoms with E-state index in [1.54, 1.807) is 30.6 Å². The van der Waals surface area contributed by atoms with E-state index in [0.717, 1.165) is 27.8 Å². The van der Waals surface area contributed by atoms with Crippen LogP contribution in [0, 0.1) is 6.92 Å². The van der Waals surface area contributed by atoms with Gasteiger partial charge in [0.25, 0.3) is 11.8 Å². The summed E-state index contributed by atoms with van der Waals surface area (Å²) in [6.07, 6.45) is 2.25. The van der Waals surface area contributed by atoms with Gasteiger partial charge in [-0.15, -0.1) is 11.3 Å². The number of thiazole rings is 1. The summed E-state index contributed by atoms with van der Waals surface area (Å²) in [7, 11) is 0. The molecule has 41 heavy (non-hydrogen) atoms. The van der Waals surface area contributed by atoms with Crippen molar-refractivity contribution in [3.05, 3.63) is 62.9 Å². The first kappa shape index (κ1) is 29.8. The van der Waals surface area contributed by atoms with Crippen molar-refractivity contribution in [3.8, 4) is 0 Å². The van der Waals surface area contributed by atoms with E-state index in [9.17, 15) is 19.2 Å². The number of hydrogen-bond acceptors (Lipinski definition) is 10. The van der Waals surface area contributed by atoms with Crippen LogP contribution in [0.1, 0.15) is 43.9 Å². The minimum absolute atomic E-state index is 0.0954. The number of hydrogen-bond donors (Lipinski definition) is 4. The number of aromatic nitrogens is 3. The predicted octanol–water partition coefficient (Wildman–Crippen LogP) is 3.07. The number of anilines is 1. The molecule has 14 heteroatoms. The first-order valence-electron chi connectivity index (χ1n) is 12.9. The van der Waals surface area contributed by atoms with Gasteiger partial charge in [-0.05, 0) is 36.9 Å². The van der Waals surface area contributed by atoms with Gasteiger partial charge < -0.3 is 25.4 Å². The average Bonchev–Trinajstić information content (AvgIpc) is 3.72. The second-order valence-corrected chi connectivity index (χ2v) is 10.8. The molecule has 1 atom stereocenters. The summed E-state index contributed by atoms with van der Waals surface area (Å²) < 4.78 is 10.6. The fourth-order valence-corrected chi connectivity index (χ4v) is 5.39. The lowest BCUT2D eigenvalue weighted by Gasteiger charge is -2.18. The third kappa shape index (κ3) is 8.19. The van der Waals surface area contributed by atoms with E-state index in [1.807, 2.05) is 25.1 Å². The van der Waals surface area contributed by atoms with Crippen molar-refractivity contribution in [1.29, 1.82) is 0 Å². The van der Waals surface area contributed by atoms with Crippen LogP contribution in [0.3, 0.4) is 0 Å². The minimum atomic E-state index is -1.14. The molecule has 0 fully saturated rings. The molecule has 0 radical (unpaired) electrons. The molecule has 4 rings (SSSR count). The monoisotopic (exact) mass is 598 g/mol. The molecule has 1 unspecified atom stereocenters. The van der Waals surface area contributed by atoms with E-state index < -0.39 is 17.9 Å². The molecule has 3 aromatic heterocycles. The molecule has 3 heterocycles. The van der Waals surface area contributed by atoms with Gasteiger partial charge in [-0.3, -0.25) is 19.5 Å². The molecule has 0 aliphatic carbocycles. The van der Waals surface area contributed by atoms with Crippen LogP contribution < -0.4 is 16.0 Å². The van der Waals surface area contributed by atoms with Crippen molar-refractivity contribution in [3.63, 3.8) is 0 Å². The van der Waals surface area contributed by atoms with Gasteiger partial charge in [-0.25, -0.2) is 9.78 Å². The summed E-state index contributed by atoms with van der Waals surface area (Å²) in [6.45, 7) is 4.42. The Morgan fingerprint density at radius 3 is 2.73 bits per heavy atom. The standard InChI is InChI=1S/C27H30N6O6S2/c1-3-38-10-6-11-39-26(37)20(15-28-24(35)21-9-5-12-40-21)31-25(36)23-16(2)30-27(41-23)32-22(34)13-17-7-4-8-19-18(17)14-29-33-19/h4-5,7-9,12,14,20H,3,6,10-11,13,15H2,1-2H3,(H,28,35)(H,29,33)(H,31,36)(H,30,32,34). The quantitative estimate of drug-likeness (QED) is 0.127. The summed E-state index contributed by atoms with van der Waals surface area (Å²) in [5, 5.41) is 17.8. The van der Waals surface area contributed by atoms with Crippen molar-refractivity contribution in [2.24, 2.45) is 0 Å². The van der Waals surface area contributed by atoms with Crippen LogP contribution in [0.5, 0.6) is 0 Å². The Labute approximate surface area is 243 Å². The number of amides is 3. The van der Waals surface area contributed by atoms with Gasteiger partial charge in [0, 0.05) is 31.6 Å². The van der Waals surface area contributed by atoms with Crippen LogP contribution >= 0.6 is 22.7 Å². The topological polar surface area (TPSA) is 164 Å². The lowest BCUT2D eigenvalue weighted by molar-refractivity contribution is -0.146. The average molecular weight is 599 g/mol. The van der Waals surface area contributed by atoms with Gasteiger partial charge in [-0.1, -0.05) is 29.5 Å². The maximum absolute atomic E-state index is 13.2. The van der Waals surface area contributed by atoms with Gasteiger partial charge >= 0.3 is 5.97 Å². The van der Waals surface area contributed by atoms with Gasteiger partial charge in [-0.2, -0.15) is 5.10 Å². The molecule has 216 valence electrons. The maximum atomic E-state index is 13.2. The molecule has 0 saturated heterocycles. The van der Waals surface area contributed by atoms with Gasteiger partial charge in [0.15, 0.2) is 5.13 Å². The number of benzene rings is 1. The second kappa shape index (κ2) is 14.5. The summed E-state index contributed by atoms with van der Waals surface area (Å²) in [5.74, 6) is -1.94. The van der Waals surface area contributed by atoms with E-state index in [1.165, 1.54) is 11.3 Å². The van der Waals surface area contributed by atoms with Crippen molar-refractivity contribution in [2.45, 2.75) is 32.7 Å². The molecule has 1 aromatic carbocycles. The van der Waals surface area contributed by atoms with Crippen molar-refractivity contribution in [1.82, 2.24) is 25.8 Å². The number of carbonyl (C=O) groups is 4. The number of thiophene rings is 1. The summed E-state index contributed by atoms with van der Waals surface area (Å²) >= 11 is 2.25. The molecule has 4 aromatic rings. The maximum Gasteiger partial charge on any atom is 0.330 e. The van der Waals surface area contributed by atoms with Crippen molar-refractivity contribution < 1.29 is 28.7 Å². The van der Waals surface area contributed by atoms with Crippen LogP contribution in [0.2, 0.25) is 0 Å². The molecule has 0 aliphatic rings. The molecule has 4 N–H and O–H groups in total. The van der Waals surface area contributed by atoms with E-state index >= 15 is 0 Å². The Hall–Kier alpha value is -4.14. The molecule has 3 amide bonds. The van der Waals surface area contributed by atoms with Crippen LogP contribution in [0.4, 0.5) is 5.13 Å². The third-order valence-electron chi connectivity index (χ3n) is 5.86. The largest absolute Gasteiger partial charge is 0.464 e. The molecule has 0 spiro atoms. The summed E-state index contributed by atoms with van der Waals surface area (Å²) in [4.78, 5) is 56.2. The summed E-state index contributed by atoms with van der Waals surface area (Å²) in [5.41, 5.74) is 2.01. The highest BCUT2D eigenvalue weighted by atomic mass is 32.1. The lowest BCUT2D eigenvalue weighted by atomic mass is 10.1.